The van der Waals surface area contributed by atoms with E-state index in [1.165, 1.54) is 0 Å². The number of fused-ring (bicyclic) bond motifs is 1. The molecule has 1 amide bonds. The van der Waals surface area contributed by atoms with E-state index in [0.29, 0.717) is 11.8 Å². The molecule has 0 atom stereocenters. The Bertz CT molecular complexity index is 781. The van der Waals surface area contributed by atoms with Crippen LogP contribution in [0.5, 0.6) is 0 Å². The number of imidazole rings is 1. The van der Waals surface area contributed by atoms with Gasteiger partial charge < -0.3 is 10.3 Å². The highest BCUT2D eigenvalue weighted by Gasteiger charge is 2.15. The average Bonchev–Trinajstić information content (AvgIpc) is 2.89. The van der Waals surface area contributed by atoms with Crippen LogP contribution in [0.25, 0.3) is 11.0 Å². The highest BCUT2D eigenvalue weighted by atomic mass is 19.1. The van der Waals surface area contributed by atoms with Crippen molar-refractivity contribution >= 4 is 28.7 Å². The molecule has 0 aliphatic heterocycles. The Morgan fingerprint density at radius 2 is 2.14 bits per heavy atom. The number of hydrogen-bond acceptors (Lipinski definition) is 4. The van der Waals surface area contributed by atoms with Crippen molar-refractivity contribution in [3.63, 3.8) is 0 Å². The van der Waals surface area contributed by atoms with Crippen LogP contribution in [0.15, 0.2) is 36.5 Å². The van der Waals surface area contributed by atoms with Crippen molar-refractivity contribution in [1.82, 2.24) is 15.0 Å². The summed E-state index contributed by atoms with van der Waals surface area (Å²) in [5, 5.41) is 5.34. The first-order chi connectivity index (χ1) is 10.2. The predicted molar refractivity (Wildman–Crippen MR) is 77.8 cm³/mol. The molecule has 3 N–H and O–H groups in total. The molecule has 0 bridgehead atoms. The number of nitrogens with zero attached hydrogens (tertiary/aromatic N) is 2. The summed E-state index contributed by atoms with van der Waals surface area (Å²) in [6.07, 6.45) is 1.05. The van der Waals surface area contributed by atoms with Gasteiger partial charge in [-0.25, -0.2) is 14.4 Å². The Morgan fingerprint density at radius 3 is 2.90 bits per heavy atom. The maximum absolute atomic E-state index is 13.3. The van der Waals surface area contributed by atoms with Crippen LogP contribution in [-0.2, 0) is 0 Å². The van der Waals surface area contributed by atoms with Gasteiger partial charge in [0.05, 0.1) is 22.8 Å². The third kappa shape index (κ3) is 2.53. The van der Waals surface area contributed by atoms with Crippen LogP contribution in [0.2, 0.25) is 0 Å². The minimum atomic E-state index is -0.580. The lowest BCUT2D eigenvalue weighted by atomic mass is 10.2. The average molecular weight is 285 g/mol. The van der Waals surface area contributed by atoms with E-state index in [2.05, 4.69) is 25.6 Å². The summed E-state index contributed by atoms with van der Waals surface area (Å²) < 4.78 is 13.3. The van der Waals surface area contributed by atoms with Gasteiger partial charge in [0.1, 0.15) is 11.6 Å². The van der Waals surface area contributed by atoms with Crippen molar-refractivity contribution in [3.8, 4) is 0 Å². The minimum absolute atomic E-state index is 0.109. The molecule has 106 valence electrons. The maximum Gasteiger partial charge on any atom is 0.261 e. The Labute approximate surface area is 119 Å². The lowest BCUT2D eigenvalue weighted by Crippen LogP contribution is -2.16. The predicted octanol–water partition coefficient (Wildman–Crippen LogP) is 2.39. The zero-order valence-corrected chi connectivity index (χ0v) is 11.1. The lowest BCUT2D eigenvalue weighted by molar-refractivity contribution is 0.102. The first kappa shape index (κ1) is 13.0. The molecule has 0 radical (unpaired) electrons. The number of nitrogens with one attached hydrogen (secondary N) is 3. The van der Waals surface area contributed by atoms with E-state index in [-0.39, 0.29) is 5.56 Å². The molecule has 6 nitrogen and oxygen atoms in total. The van der Waals surface area contributed by atoms with Gasteiger partial charge in [-0.2, -0.15) is 0 Å². The van der Waals surface area contributed by atoms with Crippen molar-refractivity contribution in [3.05, 3.63) is 47.9 Å². The van der Waals surface area contributed by atoms with Crippen molar-refractivity contribution in [2.24, 2.45) is 0 Å². The third-order valence-corrected chi connectivity index (χ3v) is 2.96. The topological polar surface area (TPSA) is 82.7 Å². The second-order valence-electron chi connectivity index (χ2n) is 4.36. The summed E-state index contributed by atoms with van der Waals surface area (Å²) in [6, 6.07) is 8.51. The van der Waals surface area contributed by atoms with Gasteiger partial charge in [0, 0.05) is 7.05 Å². The number of carbonyl (C=O) groups is 1. The minimum Gasteiger partial charge on any atom is -0.372 e. The number of anilines is 2. The van der Waals surface area contributed by atoms with Gasteiger partial charge in [0.15, 0.2) is 0 Å². The highest BCUT2D eigenvalue weighted by Crippen LogP contribution is 2.17. The van der Waals surface area contributed by atoms with E-state index < -0.39 is 11.7 Å². The van der Waals surface area contributed by atoms with E-state index in [4.69, 9.17) is 0 Å². The van der Waals surface area contributed by atoms with E-state index in [1.807, 2.05) is 24.3 Å². The fraction of sp³-hybridized carbons (Fsp3) is 0.0714. The number of aromatic amines is 1. The molecule has 0 saturated heterocycles. The molecule has 0 fully saturated rings. The van der Waals surface area contributed by atoms with E-state index in [1.54, 1.807) is 7.05 Å². The first-order valence-electron chi connectivity index (χ1n) is 6.27. The number of benzene rings is 1. The SMILES string of the molecule is CNc1ncc(F)cc1C(=O)Nc1nc2ccccc2[nH]1. The molecule has 0 aliphatic carbocycles. The molecule has 1 aromatic carbocycles. The first-order valence-corrected chi connectivity index (χ1v) is 6.27. The van der Waals surface area contributed by atoms with Gasteiger partial charge in [-0.05, 0) is 18.2 Å². The molecule has 2 heterocycles. The second kappa shape index (κ2) is 5.20. The summed E-state index contributed by atoms with van der Waals surface area (Å²) in [4.78, 5) is 23.2. The summed E-state index contributed by atoms with van der Waals surface area (Å²) in [5.41, 5.74) is 1.65. The number of halogens is 1. The van der Waals surface area contributed by atoms with Crippen LogP contribution in [0.4, 0.5) is 16.2 Å². The zero-order valence-electron chi connectivity index (χ0n) is 11.1. The summed E-state index contributed by atoms with van der Waals surface area (Å²) >= 11 is 0. The molecule has 3 aromatic rings. The van der Waals surface area contributed by atoms with Gasteiger partial charge in [-0.15, -0.1) is 0 Å². The van der Waals surface area contributed by atoms with E-state index >= 15 is 0 Å². The molecule has 0 saturated carbocycles. The molecular weight excluding hydrogens is 273 g/mol. The monoisotopic (exact) mass is 285 g/mol. The van der Waals surface area contributed by atoms with Crippen LogP contribution in [-0.4, -0.2) is 27.9 Å². The number of hydrogen-bond donors (Lipinski definition) is 3. The van der Waals surface area contributed by atoms with Gasteiger partial charge in [-0.1, -0.05) is 12.1 Å². The highest BCUT2D eigenvalue weighted by molar-refractivity contribution is 6.07. The number of pyridine rings is 1. The maximum atomic E-state index is 13.3. The summed E-state index contributed by atoms with van der Waals surface area (Å²) in [5.74, 6) is -0.480. The van der Waals surface area contributed by atoms with Gasteiger partial charge in [0.2, 0.25) is 5.95 Å². The number of aromatic nitrogens is 3. The molecule has 0 unspecified atom stereocenters. The fourth-order valence-electron chi connectivity index (χ4n) is 2.00. The van der Waals surface area contributed by atoms with Crippen molar-refractivity contribution in [1.29, 1.82) is 0 Å². The largest absolute Gasteiger partial charge is 0.372 e. The quantitative estimate of drug-likeness (QED) is 0.690. The molecule has 7 heteroatoms. The fourth-order valence-corrected chi connectivity index (χ4v) is 2.00. The lowest BCUT2D eigenvalue weighted by Gasteiger charge is -2.07. The Morgan fingerprint density at radius 1 is 1.33 bits per heavy atom. The van der Waals surface area contributed by atoms with Crippen molar-refractivity contribution < 1.29 is 9.18 Å². The van der Waals surface area contributed by atoms with Gasteiger partial charge in [-0.3, -0.25) is 10.1 Å². The third-order valence-electron chi connectivity index (χ3n) is 2.96. The van der Waals surface area contributed by atoms with Crippen LogP contribution in [0, 0.1) is 5.82 Å². The molecule has 21 heavy (non-hydrogen) atoms. The normalized spacial score (nSPS) is 10.6. The van der Waals surface area contributed by atoms with Crippen LogP contribution < -0.4 is 10.6 Å². The smallest absolute Gasteiger partial charge is 0.261 e. The number of amides is 1. The van der Waals surface area contributed by atoms with E-state index in [0.717, 1.165) is 23.3 Å². The van der Waals surface area contributed by atoms with Crippen molar-refractivity contribution in [2.75, 3.05) is 17.7 Å². The molecule has 3 rings (SSSR count). The Balaban J connectivity index is 1.90. The Hall–Kier alpha value is -2.96. The molecule has 2 aromatic heterocycles. The van der Waals surface area contributed by atoms with Gasteiger partial charge >= 0.3 is 0 Å². The molecule has 0 aliphatic rings. The number of carbonyl (C=O) groups excluding carboxylic acids is 1. The molecule has 0 spiro atoms. The zero-order chi connectivity index (χ0) is 14.8. The number of H-pyrrole nitrogens is 1. The summed E-state index contributed by atoms with van der Waals surface area (Å²) in [7, 11) is 1.61. The van der Waals surface area contributed by atoms with Crippen LogP contribution in [0.1, 0.15) is 10.4 Å². The number of rotatable bonds is 3. The molecular formula is C14H12FN5O. The van der Waals surface area contributed by atoms with Crippen LogP contribution in [0.3, 0.4) is 0 Å². The second-order valence-corrected chi connectivity index (χ2v) is 4.36. The van der Waals surface area contributed by atoms with E-state index in [9.17, 15) is 9.18 Å². The Kier molecular flexibility index (Phi) is 3.23. The number of para-hydroxylation sites is 2. The standard InChI is InChI=1S/C14H12FN5O/c1-16-12-9(6-8(15)7-17-12)13(21)20-14-18-10-4-2-3-5-11(10)19-14/h2-7H,1H3,(H,16,17)(H2,18,19,20,21). The van der Waals surface area contributed by atoms with Crippen molar-refractivity contribution in [2.45, 2.75) is 0 Å². The van der Waals surface area contributed by atoms with Gasteiger partial charge in [0.25, 0.3) is 5.91 Å². The summed E-state index contributed by atoms with van der Waals surface area (Å²) in [6.45, 7) is 0. The van der Waals surface area contributed by atoms with Crippen LogP contribution >= 0.6 is 0 Å².